The third-order valence-corrected chi connectivity index (χ3v) is 3.24. The van der Waals surface area contributed by atoms with Gasteiger partial charge in [0.2, 0.25) is 10.0 Å². The summed E-state index contributed by atoms with van der Waals surface area (Å²) in [7, 11) is -3.37. The van der Waals surface area contributed by atoms with Crippen molar-refractivity contribution in [3.63, 3.8) is 0 Å². The highest BCUT2D eigenvalue weighted by Gasteiger charge is 2.11. The summed E-state index contributed by atoms with van der Waals surface area (Å²) in [6.45, 7) is 2.46. The van der Waals surface area contributed by atoms with Crippen LogP contribution in [0.4, 0.5) is 0 Å². The van der Waals surface area contributed by atoms with E-state index in [0.29, 0.717) is 6.54 Å². The Bertz CT molecular complexity index is 384. The van der Waals surface area contributed by atoms with Gasteiger partial charge in [0.25, 0.3) is 0 Å². The van der Waals surface area contributed by atoms with E-state index in [9.17, 15) is 8.42 Å². The fraction of sp³-hybridized carbons (Fsp3) is 0.333. The Labute approximate surface area is 84.2 Å². The molecule has 1 aromatic rings. The highest BCUT2D eigenvalue weighted by atomic mass is 32.2. The van der Waals surface area contributed by atoms with Gasteiger partial charge in [-0.25, -0.2) is 13.1 Å². The fourth-order valence-electron chi connectivity index (χ4n) is 0.994. The average molecular weight is 214 g/mol. The fourth-order valence-corrected chi connectivity index (χ4v) is 2.04. The smallest absolute Gasteiger partial charge is 0.240 e. The molecule has 1 rings (SSSR count). The molecule has 78 valence electrons. The molecule has 0 atom stereocenters. The molecule has 5 heteroatoms. The van der Waals surface area contributed by atoms with Crippen LogP contribution in [0.15, 0.2) is 29.2 Å². The second kappa shape index (κ2) is 4.54. The zero-order valence-electron chi connectivity index (χ0n) is 8.03. The van der Waals surface area contributed by atoms with Crippen LogP contribution >= 0.6 is 0 Å². The summed E-state index contributed by atoms with van der Waals surface area (Å²) in [4.78, 5) is 0.275. The Kier molecular flexibility index (Phi) is 3.62. The molecule has 0 aliphatic heterocycles. The van der Waals surface area contributed by atoms with Crippen molar-refractivity contribution in [2.45, 2.75) is 11.8 Å². The maximum Gasteiger partial charge on any atom is 0.240 e. The summed E-state index contributed by atoms with van der Waals surface area (Å²) in [5, 5.41) is 0. The third-order valence-electron chi connectivity index (χ3n) is 1.77. The van der Waals surface area contributed by atoms with E-state index in [0.717, 1.165) is 5.56 Å². The first-order chi connectivity index (χ1) is 6.56. The molecule has 0 saturated heterocycles. The van der Waals surface area contributed by atoms with Crippen molar-refractivity contribution in [1.29, 1.82) is 0 Å². The van der Waals surface area contributed by atoms with Crippen molar-refractivity contribution in [1.82, 2.24) is 4.72 Å². The van der Waals surface area contributed by atoms with Gasteiger partial charge >= 0.3 is 0 Å². The van der Waals surface area contributed by atoms with Crippen molar-refractivity contribution in [2.24, 2.45) is 5.73 Å². The van der Waals surface area contributed by atoms with Gasteiger partial charge in [-0.15, -0.1) is 0 Å². The molecule has 4 nitrogen and oxygen atoms in total. The topological polar surface area (TPSA) is 72.2 Å². The van der Waals surface area contributed by atoms with E-state index in [1.807, 2.05) is 6.92 Å². The van der Waals surface area contributed by atoms with E-state index >= 15 is 0 Å². The molecule has 0 bridgehead atoms. The Hall–Kier alpha value is -0.910. The van der Waals surface area contributed by atoms with Gasteiger partial charge in [-0.05, 0) is 19.1 Å². The predicted octanol–water partition coefficient (Wildman–Crippen LogP) is 0.232. The number of nitrogens with two attached hydrogens (primary N) is 1. The first kappa shape index (κ1) is 11.2. The normalized spacial score (nSPS) is 11.6. The molecule has 0 fully saturated rings. The van der Waals surface area contributed by atoms with Crippen LogP contribution in [0, 0.1) is 6.92 Å². The molecular weight excluding hydrogens is 200 g/mol. The van der Waals surface area contributed by atoms with E-state index in [4.69, 9.17) is 5.73 Å². The molecule has 14 heavy (non-hydrogen) atoms. The van der Waals surface area contributed by atoms with Crippen LogP contribution in [0.5, 0.6) is 0 Å². The van der Waals surface area contributed by atoms with Gasteiger partial charge in [-0.2, -0.15) is 0 Å². The second-order valence-corrected chi connectivity index (χ2v) is 4.77. The monoisotopic (exact) mass is 214 g/mol. The van der Waals surface area contributed by atoms with Crippen LogP contribution in [0.3, 0.4) is 0 Å². The summed E-state index contributed by atoms with van der Waals surface area (Å²) < 4.78 is 25.5. The lowest BCUT2D eigenvalue weighted by Crippen LogP contribution is -2.29. The van der Waals surface area contributed by atoms with Crippen LogP contribution in [0.25, 0.3) is 0 Å². The average Bonchev–Trinajstić information content (AvgIpc) is 2.16. The summed E-state index contributed by atoms with van der Waals surface area (Å²) in [5.74, 6) is 0. The largest absolute Gasteiger partial charge is 0.329 e. The minimum atomic E-state index is -3.37. The van der Waals surface area contributed by atoms with E-state index in [1.54, 1.807) is 24.3 Å². The maximum absolute atomic E-state index is 11.5. The number of sulfonamides is 1. The van der Waals surface area contributed by atoms with Crippen molar-refractivity contribution >= 4 is 10.0 Å². The Morgan fingerprint density at radius 3 is 2.36 bits per heavy atom. The number of aryl methyl sites for hydroxylation is 1. The molecule has 0 amide bonds. The van der Waals surface area contributed by atoms with E-state index < -0.39 is 10.0 Å². The van der Waals surface area contributed by atoms with Crippen LogP contribution in [0.1, 0.15) is 5.56 Å². The summed E-state index contributed by atoms with van der Waals surface area (Å²) >= 11 is 0. The molecule has 0 aliphatic rings. The van der Waals surface area contributed by atoms with Crippen LogP contribution in [-0.2, 0) is 10.0 Å². The van der Waals surface area contributed by atoms with Crippen molar-refractivity contribution in [3.8, 4) is 0 Å². The molecular formula is C9H14N2O2S. The Morgan fingerprint density at radius 2 is 1.86 bits per heavy atom. The Balaban J connectivity index is 2.87. The molecule has 0 spiro atoms. The van der Waals surface area contributed by atoms with Crippen molar-refractivity contribution in [3.05, 3.63) is 29.8 Å². The molecule has 3 N–H and O–H groups in total. The highest BCUT2D eigenvalue weighted by Crippen LogP contribution is 2.09. The number of benzene rings is 1. The van der Waals surface area contributed by atoms with Gasteiger partial charge in [-0.1, -0.05) is 17.7 Å². The van der Waals surface area contributed by atoms with E-state index in [2.05, 4.69) is 4.72 Å². The van der Waals surface area contributed by atoms with Gasteiger partial charge in [0.15, 0.2) is 0 Å². The minimum Gasteiger partial charge on any atom is -0.329 e. The number of hydrogen-bond donors (Lipinski definition) is 2. The van der Waals surface area contributed by atoms with Crippen molar-refractivity contribution in [2.75, 3.05) is 13.1 Å². The molecule has 0 heterocycles. The number of rotatable bonds is 4. The van der Waals surface area contributed by atoms with Crippen LogP contribution in [0.2, 0.25) is 0 Å². The first-order valence-electron chi connectivity index (χ1n) is 4.32. The molecule has 0 radical (unpaired) electrons. The van der Waals surface area contributed by atoms with E-state index in [1.165, 1.54) is 0 Å². The standard InChI is InChI=1S/C9H14N2O2S/c1-8-2-4-9(5-3-8)14(12,13)11-7-6-10/h2-5,11H,6-7,10H2,1H3. The van der Waals surface area contributed by atoms with Crippen molar-refractivity contribution < 1.29 is 8.42 Å². The lowest BCUT2D eigenvalue weighted by molar-refractivity contribution is 0.582. The van der Waals surface area contributed by atoms with Crippen LogP contribution in [-0.4, -0.2) is 21.5 Å². The number of hydrogen-bond acceptors (Lipinski definition) is 3. The molecule has 0 aromatic heterocycles. The van der Waals surface area contributed by atoms with Gasteiger partial charge in [0, 0.05) is 13.1 Å². The summed E-state index contributed by atoms with van der Waals surface area (Å²) in [6.07, 6.45) is 0. The highest BCUT2D eigenvalue weighted by molar-refractivity contribution is 7.89. The molecule has 1 aromatic carbocycles. The van der Waals surface area contributed by atoms with E-state index in [-0.39, 0.29) is 11.4 Å². The molecule has 0 aliphatic carbocycles. The SMILES string of the molecule is Cc1ccc(S(=O)(=O)NCCN)cc1. The molecule has 0 saturated carbocycles. The van der Waals surface area contributed by atoms with Crippen LogP contribution < -0.4 is 10.5 Å². The lowest BCUT2D eigenvalue weighted by Gasteiger charge is -2.05. The van der Waals surface area contributed by atoms with Gasteiger partial charge in [-0.3, -0.25) is 0 Å². The summed E-state index contributed by atoms with van der Waals surface area (Å²) in [5.41, 5.74) is 6.24. The zero-order valence-corrected chi connectivity index (χ0v) is 8.84. The second-order valence-electron chi connectivity index (χ2n) is 3.00. The lowest BCUT2D eigenvalue weighted by atomic mass is 10.2. The third kappa shape index (κ3) is 2.80. The Morgan fingerprint density at radius 1 is 1.29 bits per heavy atom. The van der Waals surface area contributed by atoms with Gasteiger partial charge in [0.1, 0.15) is 0 Å². The maximum atomic E-state index is 11.5. The summed E-state index contributed by atoms with van der Waals surface area (Å²) in [6, 6.07) is 6.68. The zero-order chi connectivity index (χ0) is 10.6. The van der Waals surface area contributed by atoms with Gasteiger partial charge < -0.3 is 5.73 Å². The minimum absolute atomic E-state index is 0.260. The predicted molar refractivity (Wildman–Crippen MR) is 55.4 cm³/mol. The molecule has 0 unspecified atom stereocenters. The quantitative estimate of drug-likeness (QED) is 0.753. The first-order valence-corrected chi connectivity index (χ1v) is 5.81. The number of nitrogens with one attached hydrogen (secondary N) is 1. The van der Waals surface area contributed by atoms with Gasteiger partial charge in [0.05, 0.1) is 4.90 Å².